The number of hydrogen-bond donors (Lipinski definition) is 0. The number of likely N-dealkylation sites (tertiary alicyclic amines) is 1. The second kappa shape index (κ2) is 13.4. The molecule has 0 bridgehead atoms. The Balaban J connectivity index is 1.65. The summed E-state index contributed by atoms with van der Waals surface area (Å²) in [6, 6.07) is 9.43. The second-order valence-electron chi connectivity index (χ2n) is 10.1. The van der Waals surface area contributed by atoms with Crippen LogP contribution >= 0.6 is 11.6 Å². The van der Waals surface area contributed by atoms with Crippen LogP contribution in [0.25, 0.3) is 0 Å². The van der Waals surface area contributed by atoms with Crippen LogP contribution in [0.4, 0.5) is 0 Å². The molecule has 0 radical (unpaired) electrons. The maximum absolute atomic E-state index is 11.1. The van der Waals surface area contributed by atoms with Crippen LogP contribution in [-0.4, -0.2) is 71.6 Å². The highest BCUT2D eigenvalue weighted by Gasteiger charge is 2.34. The number of halogens is 1. The SMILES string of the molecule is CC/C(C)=C(C)/C(=N\C=C(/C)C=O)N1CCN(C2CCN(Cc3ccc(Cl)cc3)CC2)C(CC)C1. The van der Waals surface area contributed by atoms with Crippen LogP contribution in [0.3, 0.4) is 0 Å². The summed E-state index contributed by atoms with van der Waals surface area (Å²) in [5, 5.41) is 0.802. The molecule has 0 spiro atoms. The fourth-order valence-corrected chi connectivity index (χ4v) is 5.35. The molecule has 0 N–H and O–H groups in total. The number of rotatable bonds is 8. The summed E-state index contributed by atoms with van der Waals surface area (Å²) in [5.41, 5.74) is 4.58. The molecule has 0 aromatic heterocycles. The summed E-state index contributed by atoms with van der Waals surface area (Å²) in [5.74, 6) is 1.03. The third-order valence-electron chi connectivity index (χ3n) is 7.73. The summed E-state index contributed by atoms with van der Waals surface area (Å²) in [6.45, 7) is 17.0. The molecule has 0 saturated carbocycles. The number of benzene rings is 1. The number of allylic oxidation sites excluding steroid dienone is 2. The van der Waals surface area contributed by atoms with E-state index in [-0.39, 0.29) is 0 Å². The number of hydrogen-bond acceptors (Lipinski definition) is 4. The lowest BCUT2D eigenvalue weighted by molar-refractivity contribution is -0.104. The lowest BCUT2D eigenvalue weighted by Crippen LogP contribution is -2.59. The lowest BCUT2D eigenvalue weighted by Gasteiger charge is -2.48. The molecule has 1 aromatic rings. The van der Waals surface area contributed by atoms with Gasteiger partial charge in [0.15, 0.2) is 0 Å². The van der Waals surface area contributed by atoms with Crippen LogP contribution in [0.1, 0.15) is 65.9 Å². The maximum atomic E-state index is 11.1. The van der Waals surface area contributed by atoms with Crippen LogP contribution in [0, 0.1) is 0 Å². The van der Waals surface area contributed by atoms with Crippen molar-refractivity contribution in [2.75, 3.05) is 32.7 Å². The predicted octanol–water partition coefficient (Wildman–Crippen LogP) is 5.95. The standard InChI is InChI=1S/C29H43ClN4O/c1-6-23(4)24(5)29(31-18-22(3)21-35)33-16-17-34(27(7-2)20-33)28-12-14-32(15-13-28)19-25-8-10-26(30)11-9-25/h8-11,18,21,27-28H,6-7,12-17,19-20H2,1-5H3/b22-18+,24-23+,31-29+. The van der Waals surface area contributed by atoms with Crippen molar-refractivity contribution in [2.45, 2.75) is 78.9 Å². The van der Waals surface area contributed by atoms with Crippen LogP contribution in [0.5, 0.6) is 0 Å². The average molecular weight is 499 g/mol. The normalized spacial score (nSPS) is 22.3. The van der Waals surface area contributed by atoms with Crippen LogP contribution < -0.4 is 0 Å². The van der Waals surface area contributed by atoms with Crippen LogP contribution in [0.15, 0.2) is 52.2 Å². The van der Waals surface area contributed by atoms with E-state index in [1.165, 1.54) is 29.6 Å². The van der Waals surface area contributed by atoms with Gasteiger partial charge in [-0.25, -0.2) is 4.99 Å². The topological polar surface area (TPSA) is 39.2 Å². The number of aliphatic imine (C=N–C) groups is 1. The van der Waals surface area contributed by atoms with E-state index in [4.69, 9.17) is 16.6 Å². The molecule has 2 heterocycles. The van der Waals surface area contributed by atoms with E-state index in [0.29, 0.717) is 17.7 Å². The number of piperidine rings is 1. The summed E-state index contributed by atoms with van der Waals surface area (Å²) in [4.78, 5) is 23.7. The number of aldehydes is 1. The molecule has 5 nitrogen and oxygen atoms in total. The van der Waals surface area contributed by atoms with E-state index in [0.717, 1.165) is 69.3 Å². The van der Waals surface area contributed by atoms with Crippen molar-refractivity contribution in [3.63, 3.8) is 0 Å². The van der Waals surface area contributed by atoms with Gasteiger partial charge < -0.3 is 4.90 Å². The molecule has 1 aromatic carbocycles. The van der Waals surface area contributed by atoms with Gasteiger partial charge in [-0.1, -0.05) is 43.2 Å². The molecular weight excluding hydrogens is 456 g/mol. The Morgan fingerprint density at radius 3 is 2.34 bits per heavy atom. The Bertz CT molecular complexity index is 929. The first-order valence-corrected chi connectivity index (χ1v) is 13.6. The minimum Gasteiger partial charge on any atom is -0.354 e. The first-order chi connectivity index (χ1) is 16.9. The van der Waals surface area contributed by atoms with Gasteiger partial charge in [0.05, 0.1) is 0 Å². The van der Waals surface area contributed by atoms with Crippen molar-refractivity contribution in [1.29, 1.82) is 0 Å². The molecule has 0 aliphatic carbocycles. The van der Waals surface area contributed by atoms with E-state index >= 15 is 0 Å². The molecule has 0 amide bonds. The van der Waals surface area contributed by atoms with Gasteiger partial charge in [-0.2, -0.15) is 0 Å². The lowest BCUT2D eigenvalue weighted by atomic mass is 9.97. The predicted molar refractivity (Wildman–Crippen MR) is 148 cm³/mol. The molecule has 1 unspecified atom stereocenters. The van der Waals surface area contributed by atoms with Gasteiger partial charge in [0.2, 0.25) is 0 Å². The van der Waals surface area contributed by atoms with Gasteiger partial charge in [0, 0.05) is 55.1 Å². The Morgan fingerprint density at radius 1 is 1.06 bits per heavy atom. The quantitative estimate of drug-likeness (QED) is 0.192. The van der Waals surface area contributed by atoms with E-state index in [1.54, 1.807) is 6.20 Å². The largest absolute Gasteiger partial charge is 0.354 e. The first-order valence-electron chi connectivity index (χ1n) is 13.2. The Kier molecular flexibility index (Phi) is 10.6. The van der Waals surface area contributed by atoms with Gasteiger partial charge in [-0.3, -0.25) is 14.6 Å². The maximum Gasteiger partial charge on any atom is 0.147 e. The van der Waals surface area contributed by atoms with Crippen molar-refractivity contribution >= 4 is 23.7 Å². The summed E-state index contributed by atoms with van der Waals surface area (Å²) in [7, 11) is 0. The number of piperazine rings is 1. The Morgan fingerprint density at radius 2 is 1.74 bits per heavy atom. The van der Waals surface area contributed by atoms with Crippen molar-refractivity contribution in [1.82, 2.24) is 14.7 Å². The van der Waals surface area contributed by atoms with Crippen LogP contribution in [-0.2, 0) is 11.3 Å². The minimum atomic E-state index is 0.521. The number of amidine groups is 1. The zero-order valence-corrected chi connectivity index (χ0v) is 23.0. The molecule has 6 heteroatoms. The number of nitrogens with zero attached hydrogens (tertiary/aromatic N) is 4. The smallest absolute Gasteiger partial charge is 0.147 e. The van der Waals surface area contributed by atoms with E-state index < -0.39 is 0 Å². The third-order valence-corrected chi connectivity index (χ3v) is 7.98. The molecule has 2 fully saturated rings. The molecule has 1 atom stereocenters. The second-order valence-corrected chi connectivity index (χ2v) is 10.5. The fourth-order valence-electron chi connectivity index (χ4n) is 5.23. The van der Waals surface area contributed by atoms with Crippen molar-refractivity contribution in [3.8, 4) is 0 Å². The number of carbonyl (C=O) groups excluding carboxylic acids is 1. The zero-order chi connectivity index (χ0) is 25.4. The molecular formula is C29H43ClN4O. The summed E-state index contributed by atoms with van der Waals surface area (Å²) < 4.78 is 0. The van der Waals surface area contributed by atoms with E-state index in [2.05, 4.69) is 54.5 Å². The van der Waals surface area contributed by atoms with Gasteiger partial charge >= 0.3 is 0 Å². The fraction of sp³-hybridized carbons (Fsp3) is 0.586. The van der Waals surface area contributed by atoms with Gasteiger partial charge in [-0.05, 0) is 82.8 Å². The van der Waals surface area contributed by atoms with Gasteiger partial charge in [-0.15, -0.1) is 0 Å². The average Bonchev–Trinajstić information content (AvgIpc) is 2.89. The molecule has 3 rings (SSSR count). The molecule has 35 heavy (non-hydrogen) atoms. The third kappa shape index (κ3) is 7.52. The monoisotopic (exact) mass is 498 g/mol. The molecule has 2 aliphatic rings. The highest BCUT2D eigenvalue weighted by molar-refractivity contribution is 6.30. The Hall–Kier alpha value is -1.95. The zero-order valence-electron chi connectivity index (χ0n) is 22.3. The van der Waals surface area contributed by atoms with Gasteiger partial charge in [0.1, 0.15) is 12.1 Å². The number of carbonyl (C=O) groups is 1. The van der Waals surface area contributed by atoms with Crippen LogP contribution in [0.2, 0.25) is 5.02 Å². The molecule has 2 saturated heterocycles. The Labute approximate surface area is 217 Å². The van der Waals surface area contributed by atoms with E-state index in [1.807, 2.05) is 19.1 Å². The highest BCUT2D eigenvalue weighted by atomic mass is 35.5. The van der Waals surface area contributed by atoms with Crippen molar-refractivity contribution < 1.29 is 4.79 Å². The molecule has 192 valence electrons. The highest BCUT2D eigenvalue weighted by Crippen LogP contribution is 2.26. The summed E-state index contributed by atoms with van der Waals surface area (Å²) >= 11 is 6.05. The van der Waals surface area contributed by atoms with Gasteiger partial charge in [0.25, 0.3) is 0 Å². The molecule has 2 aliphatic heterocycles. The van der Waals surface area contributed by atoms with E-state index in [9.17, 15) is 4.79 Å². The summed E-state index contributed by atoms with van der Waals surface area (Å²) in [6.07, 6.45) is 7.18. The van der Waals surface area contributed by atoms with Crippen molar-refractivity contribution in [2.24, 2.45) is 4.99 Å². The van der Waals surface area contributed by atoms with Crippen molar-refractivity contribution in [3.05, 3.63) is 57.8 Å². The first kappa shape index (κ1) is 27.6. The minimum absolute atomic E-state index is 0.521.